The Labute approximate surface area is 237 Å². The van der Waals surface area contributed by atoms with E-state index in [1.165, 1.54) is 0 Å². The quantitative estimate of drug-likeness (QED) is 0.179. The maximum absolute atomic E-state index is 13.6. The van der Waals surface area contributed by atoms with Gasteiger partial charge in [0.2, 0.25) is 11.2 Å². The Kier molecular flexibility index (Phi) is 7.34. The molecule has 0 N–H and O–H groups in total. The Hall–Kier alpha value is -4.80. The van der Waals surface area contributed by atoms with Crippen LogP contribution in [0.5, 0.6) is 5.75 Å². The number of nitrogens with zero attached hydrogens (tertiary/aromatic N) is 1. The Morgan fingerprint density at radius 1 is 0.625 bits per heavy atom. The number of anilines is 3. The number of hydrogen-bond donors (Lipinski definition) is 0. The first-order valence-corrected chi connectivity index (χ1v) is 13.6. The highest BCUT2D eigenvalue weighted by atomic mass is 35.5. The van der Waals surface area contributed by atoms with Crippen LogP contribution in [0.2, 0.25) is 0 Å². The molecule has 1 heterocycles. The first kappa shape index (κ1) is 25.5. The van der Waals surface area contributed by atoms with Gasteiger partial charge in [0.25, 0.3) is 0 Å². The summed E-state index contributed by atoms with van der Waals surface area (Å²) in [5, 5.41) is 0.481. The third kappa shape index (κ3) is 5.22. The summed E-state index contributed by atoms with van der Waals surface area (Å²) in [5.74, 6) is 1.04. The largest absolute Gasteiger partial charge is 0.481 e. The molecule has 5 aromatic carbocycles. The minimum Gasteiger partial charge on any atom is -0.481 e. The van der Waals surface area contributed by atoms with Gasteiger partial charge in [0.1, 0.15) is 12.2 Å². The summed E-state index contributed by atoms with van der Waals surface area (Å²) in [6.45, 7) is 0.229. The van der Waals surface area contributed by atoms with Gasteiger partial charge >= 0.3 is 0 Å². The van der Waals surface area contributed by atoms with Crippen LogP contribution >= 0.6 is 11.6 Å². The fourth-order valence-electron chi connectivity index (χ4n) is 4.69. The second-order valence-corrected chi connectivity index (χ2v) is 9.65. The lowest BCUT2D eigenvalue weighted by Gasteiger charge is -2.25. The summed E-state index contributed by atoms with van der Waals surface area (Å²) >= 11 is 5.93. The first-order chi connectivity index (χ1) is 19.7. The van der Waals surface area contributed by atoms with Gasteiger partial charge in [-0.05, 0) is 71.8 Å². The van der Waals surface area contributed by atoms with Crippen molar-refractivity contribution in [3.8, 4) is 17.1 Å². The molecule has 0 radical (unpaired) electrons. The van der Waals surface area contributed by atoms with E-state index in [0.29, 0.717) is 22.6 Å². The predicted molar refractivity (Wildman–Crippen MR) is 163 cm³/mol. The third-order valence-electron chi connectivity index (χ3n) is 6.73. The van der Waals surface area contributed by atoms with Crippen LogP contribution in [0.3, 0.4) is 0 Å². The molecule has 0 spiro atoms. The topological polar surface area (TPSA) is 42.7 Å². The number of rotatable bonds is 8. The molecule has 6 rings (SSSR count). The highest BCUT2D eigenvalue weighted by Crippen LogP contribution is 2.37. The van der Waals surface area contributed by atoms with Crippen LogP contribution in [-0.2, 0) is 12.5 Å². The van der Waals surface area contributed by atoms with Crippen molar-refractivity contribution in [3.63, 3.8) is 0 Å². The second kappa shape index (κ2) is 11.5. The van der Waals surface area contributed by atoms with Crippen LogP contribution in [0.15, 0.2) is 143 Å². The number of para-hydroxylation sites is 3. The van der Waals surface area contributed by atoms with Gasteiger partial charge in [-0.15, -0.1) is 11.6 Å². The van der Waals surface area contributed by atoms with Crippen molar-refractivity contribution in [1.29, 1.82) is 0 Å². The number of ether oxygens (including phenoxy) is 1. The van der Waals surface area contributed by atoms with E-state index in [1.807, 2.05) is 97.1 Å². The molecule has 0 saturated heterocycles. The van der Waals surface area contributed by atoms with Crippen LogP contribution in [0, 0.1) is 0 Å². The molecule has 5 heteroatoms. The summed E-state index contributed by atoms with van der Waals surface area (Å²) in [4.78, 5) is 15.8. The highest BCUT2D eigenvalue weighted by molar-refractivity contribution is 6.17. The summed E-state index contributed by atoms with van der Waals surface area (Å²) < 4.78 is 12.5. The number of fused-ring (bicyclic) bond motifs is 1. The molecule has 0 aliphatic heterocycles. The maximum Gasteiger partial charge on any atom is 0.235 e. The lowest BCUT2D eigenvalue weighted by Crippen LogP contribution is -2.11. The van der Waals surface area contributed by atoms with Crippen LogP contribution in [0.4, 0.5) is 17.1 Å². The van der Waals surface area contributed by atoms with Gasteiger partial charge in [-0.1, -0.05) is 72.8 Å². The predicted octanol–water partition coefficient (Wildman–Crippen LogP) is 9.25. The molecule has 6 aromatic rings. The molecule has 0 saturated carbocycles. The van der Waals surface area contributed by atoms with Crippen molar-refractivity contribution >= 4 is 39.6 Å². The molecule has 0 amide bonds. The molecule has 0 atom stereocenters. The van der Waals surface area contributed by atoms with Crippen molar-refractivity contribution < 1.29 is 9.15 Å². The van der Waals surface area contributed by atoms with Gasteiger partial charge in [0.15, 0.2) is 5.76 Å². The van der Waals surface area contributed by atoms with E-state index in [0.717, 1.165) is 33.8 Å². The van der Waals surface area contributed by atoms with Crippen molar-refractivity contribution in [2.45, 2.75) is 12.5 Å². The number of hydrogen-bond acceptors (Lipinski definition) is 4. The Morgan fingerprint density at radius 2 is 1.18 bits per heavy atom. The van der Waals surface area contributed by atoms with E-state index in [1.54, 1.807) is 12.1 Å². The van der Waals surface area contributed by atoms with Gasteiger partial charge in [-0.25, -0.2) is 0 Å². The van der Waals surface area contributed by atoms with Gasteiger partial charge < -0.3 is 14.1 Å². The first-order valence-electron chi connectivity index (χ1n) is 13.0. The van der Waals surface area contributed by atoms with E-state index in [9.17, 15) is 4.79 Å². The second-order valence-electron chi connectivity index (χ2n) is 9.38. The zero-order valence-corrected chi connectivity index (χ0v) is 22.4. The van der Waals surface area contributed by atoms with Crippen LogP contribution in [0.1, 0.15) is 11.1 Å². The van der Waals surface area contributed by atoms with Crippen molar-refractivity contribution in [2.24, 2.45) is 0 Å². The van der Waals surface area contributed by atoms with Gasteiger partial charge in [-0.2, -0.15) is 0 Å². The number of benzene rings is 5. The average molecular weight is 544 g/mol. The fourth-order valence-corrected chi connectivity index (χ4v) is 4.87. The summed E-state index contributed by atoms with van der Waals surface area (Å²) in [5.41, 5.74) is 6.09. The molecular weight excluding hydrogens is 518 g/mol. The maximum atomic E-state index is 13.6. The van der Waals surface area contributed by atoms with Crippen LogP contribution in [-0.4, -0.2) is 0 Å². The normalized spacial score (nSPS) is 10.9. The van der Waals surface area contributed by atoms with E-state index in [-0.39, 0.29) is 17.8 Å². The Balaban J connectivity index is 1.40. The molecule has 0 fully saturated rings. The minimum absolute atomic E-state index is 0.191. The van der Waals surface area contributed by atoms with Gasteiger partial charge in [0.05, 0.1) is 5.39 Å². The molecule has 0 unspecified atom stereocenters. The number of halogens is 1. The van der Waals surface area contributed by atoms with E-state index in [4.69, 9.17) is 20.8 Å². The Morgan fingerprint density at radius 3 is 1.80 bits per heavy atom. The van der Waals surface area contributed by atoms with Crippen molar-refractivity contribution in [3.05, 3.63) is 155 Å². The molecule has 0 aliphatic carbocycles. The van der Waals surface area contributed by atoms with Crippen molar-refractivity contribution in [2.75, 3.05) is 4.90 Å². The molecule has 0 bridgehead atoms. The minimum atomic E-state index is -0.200. The van der Waals surface area contributed by atoms with Gasteiger partial charge in [-0.3, -0.25) is 4.79 Å². The monoisotopic (exact) mass is 543 g/mol. The van der Waals surface area contributed by atoms with Crippen LogP contribution < -0.4 is 15.1 Å². The van der Waals surface area contributed by atoms with Crippen LogP contribution in [0.25, 0.3) is 22.3 Å². The lowest BCUT2D eigenvalue weighted by atomic mass is 10.1. The van der Waals surface area contributed by atoms with Gasteiger partial charge in [0, 0.05) is 28.5 Å². The molecule has 1 aromatic heterocycles. The summed E-state index contributed by atoms with van der Waals surface area (Å²) in [6.07, 6.45) is 0. The Bertz CT molecular complexity index is 1740. The smallest absolute Gasteiger partial charge is 0.235 e. The fraction of sp³-hybridized carbons (Fsp3) is 0.0571. The number of alkyl halides is 1. The van der Waals surface area contributed by atoms with Crippen molar-refractivity contribution in [1.82, 2.24) is 0 Å². The molecule has 40 heavy (non-hydrogen) atoms. The standard InChI is InChI=1S/C35H26ClNO3/c36-23-25-15-17-26(18-16-25)24-39-35-33(38)31-13-7-8-14-32(31)40-34(35)27-19-21-30(22-20-27)37(28-9-3-1-4-10-28)29-11-5-2-6-12-29/h1-22H,23-24H2. The SMILES string of the molecule is O=c1c(OCc2ccc(CCl)cc2)c(-c2ccc(N(c3ccccc3)c3ccccc3)cc2)oc2ccccc12. The molecule has 196 valence electrons. The van der Waals surface area contributed by atoms with E-state index in [2.05, 4.69) is 29.2 Å². The highest BCUT2D eigenvalue weighted by Gasteiger charge is 2.19. The molecule has 0 aliphatic rings. The zero-order chi connectivity index (χ0) is 27.3. The molecule has 4 nitrogen and oxygen atoms in total. The van der Waals surface area contributed by atoms with E-state index >= 15 is 0 Å². The zero-order valence-electron chi connectivity index (χ0n) is 21.7. The summed E-state index contributed by atoms with van der Waals surface area (Å²) in [7, 11) is 0. The summed E-state index contributed by atoms with van der Waals surface area (Å²) in [6, 6.07) is 43.5. The average Bonchev–Trinajstić information content (AvgIpc) is 3.02. The molecular formula is C35H26ClNO3. The third-order valence-corrected chi connectivity index (χ3v) is 7.04. The lowest BCUT2D eigenvalue weighted by molar-refractivity contribution is 0.298. The van der Waals surface area contributed by atoms with E-state index < -0.39 is 0 Å².